The van der Waals surface area contributed by atoms with Crippen molar-refractivity contribution in [2.24, 2.45) is 15.4 Å². The van der Waals surface area contributed by atoms with Gasteiger partial charge in [-0.3, -0.25) is 0 Å². The van der Waals surface area contributed by atoms with Gasteiger partial charge >= 0.3 is 6.03 Å². The van der Waals surface area contributed by atoms with Crippen molar-refractivity contribution in [3.05, 3.63) is 52.0 Å². The molecule has 0 saturated heterocycles. The Balaban J connectivity index is 1.60. The van der Waals surface area contributed by atoms with Crippen LogP contribution in [0.5, 0.6) is 0 Å². The Morgan fingerprint density at radius 2 is 2.10 bits per heavy atom. The molecule has 2 atom stereocenters. The van der Waals surface area contributed by atoms with E-state index in [0.717, 1.165) is 56.2 Å². The number of nitrogens with zero attached hydrogens (tertiary/aromatic N) is 2. The first kappa shape index (κ1) is 21.2. The Kier molecular flexibility index (Phi) is 5.83. The second-order valence-corrected chi connectivity index (χ2v) is 10.5. The highest BCUT2D eigenvalue weighted by Gasteiger charge is 2.34. The van der Waals surface area contributed by atoms with E-state index in [4.69, 9.17) is 5.14 Å². The fourth-order valence-corrected chi connectivity index (χ4v) is 5.99. The van der Waals surface area contributed by atoms with E-state index in [2.05, 4.69) is 9.68 Å². The van der Waals surface area contributed by atoms with Crippen LogP contribution in [-0.4, -0.2) is 29.2 Å². The summed E-state index contributed by atoms with van der Waals surface area (Å²) in [6.45, 7) is 0.538. The normalized spacial score (nSPS) is 22.8. The molecule has 3 aliphatic rings. The molecule has 1 fully saturated rings. The lowest BCUT2D eigenvalue weighted by molar-refractivity contribution is 0.251. The number of fused-ring (bicyclic) bond motifs is 1. The number of urea groups is 1. The van der Waals surface area contributed by atoms with Gasteiger partial charge in [-0.1, -0.05) is 11.6 Å². The number of carbonyl (C=O) groups excluding carboxylic acids is 1. The number of hydrogen-bond acceptors (Lipinski definition) is 3. The Hall–Kier alpha value is -2.03. The standard InChI is InChI=1S/C22H29FN4O2S/c1-27(2)13-14-9-10-20(19(23)11-14)30(24,29)26-22(28)25-21-17-7-3-5-15(17)12-16-6-4-8-18(16)21/h9-11,15H,3-8,12-13H2,1-2H3,(H3,24,25,26,28,29). The van der Waals surface area contributed by atoms with Gasteiger partial charge < -0.3 is 10.2 Å². The Morgan fingerprint density at radius 1 is 1.30 bits per heavy atom. The summed E-state index contributed by atoms with van der Waals surface area (Å²) in [6.07, 6.45) is 7.44. The molecule has 1 aromatic rings. The van der Waals surface area contributed by atoms with Crippen LogP contribution in [-0.2, 0) is 16.5 Å². The monoisotopic (exact) mass is 432 g/mol. The molecule has 2 unspecified atom stereocenters. The van der Waals surface area contributed by atoms with E-state index in [-0.39, 0.29) is 4.90 Å². The van der Waals surface area contributed by atoms with E-state index in [1.54, 1.807) is 6.07 Å². The summed E-state index contributed by atoms with van der Waals surface area (Å²) < 4.78 is 31.2. The average molecular weight is 433 g/mol. The zero-order valence-corrected chi connectivity index (χ0v) is 18.4. The quantitative estimate of drug-likeness (QED) is 0.746. The molecule has 3 aliphatic carbocycles. The van der Waals surface area contributed by atoms with E-state index in [1.807, 2.05) is 19.0 Å². The predicted molar refractivity (Wildman–Crippen MR) is 115 cm³/mol. The highest BCUT2D eigenvalue weighted by Crippen LogP contribution is 2.48. The van der Waals surface area contributed by atoms with Crippen LogP contribution in [0, 0.1) is 11.7 Å². The number of halogens is 1. The van der Waals surface area contributed by atoms with Crippen LogP contribution >= 0.6 is 0 Å². The molecule has 2 amide bonds. The number of benzene rings is 1. The Morgan fingerprint density at radius 3 is 2.83 bits per heavy atom. The van der Waals surface area contributed by atoms with Gasteiger partial charge in [0, 0.05) is 12.2 Å². The van der Waals surface area contributed by atoms with E-state index in [9.17, 15) is 13.4 Å². The molecular formula is C22H29FN4O2S. The van der Waals surface area contributed by atoms with Crippen molar-refractivity contribution in [2.45, 2.75) is 56.4 Å². The molecule has 162 valence electrons. The molecule has 0 heterocycles. The fourth-order valence-electron chi connectivity index (χ4n) is 5.00. The Bertz CT molecular complexity index is 1070. The second kappa shape index (κ2) is 8.24. The van der Waals surface area contributed by atoms with Crippen molar-refractivity contribution in [1.82, 2.24) is 10.2 Å². The third-order valence-electron chi connectivity index (χ3n) is 6.20. The molecular weight excluding hydrogens is 403 g/mol. The van der Waals surface area contributed by atoms with Gasteiger partial charge in [-0.15, -0.1) is 4.36 Å². The smallest absolute Gasteiger partial charge is 0.305 e. The molecule has 0 bridgehead atoms. The van der Waals surface area contributed by atoms with Gasteiger partial charge in [0.1, 0.15) is 15.7 Å². The van der Waals surface area contributed by atoms with Gasteiger partial charge in [-0.2, -0.15) is 0 Å². The minimum atomic E-state index is -3.69. The number of nitrogens with two attached hydrogens (primary N) is 1. The molecule has 8 heteroatoms. The van der Waals surface area contributed by atoms with E-state index in [1.165, 1.54) is 28.9 Å². The van der Waals surface area contributed by atoms with Crippen molar-refractivity contribution in [2.75, 3.05) is 14.1 Å². The van der Waals surface area contributed by atoms with Gasteiger partial charge in [0.2, 0.25) is 0 Å². The maximum absolute atomic E-state index is 14.6. The summed E-state index contributed by atoms with van der Waals surface area (Å²) in [7, 11) is 0.0525. The van der Waals surface area contributed by atoms with Crippen LogP contribution in [0.25, 0.3) is 0 Å². The maximum atomic E-state index is 14.6. The first-order valence-corrected chi connectivity index (χ1v) is 12.1. The molecule has 0 radical (unpaired) electrons. The largest absolute Gasteiger partial charge is 0.354 e. The third-order valence-corrected chi connectivity index (χ3v) is 7.60. The van der Waals surface area contributed by atoms with Gasteiger partial charge in [0.25, 0.3) is 0 Å². The average Bonchev–Trinajstić information content (AvgIpc) is 3.29. The summed E-state index contributed by atoms with van der Waals surface area (Å²) in [6, 6.07) is 3.54. The molecule has 0 spiro atoms. The lowest BCUT2D eigenvalue weighted by Crippen LogP contribution is -2.28. The number of carbonyl (C=O) groups is 1. The number of amides is 2. The molecule has 4 rings (SSSR count). The van der Waals surface area contributed by atoms with Gasteiger partial charge in [-0.25, -0.2) is 18.5 Å². The van der Waals surface area contributed by atoms with Crippen molar-refractivity contribution >= 4 is 15.9 Å². The number of nitrogens with one attached hydrogen (secondary N) is 1. The second-order valence-electron chi connectivity index (χ2n) is 8.72. The van der Waals surface area contributed by atoms with Crippen molar-refractivity contribution in [3.8, 4) is 0 Å². The number of rotatable bonds is 4. The van der Waals surface area contributed by atoms with Gasteiger partial charge in [0.15, 0.2) is 0 Å². The third kappa shape index (κ3) is 4.22. The molecule has 1 aromatic carbocycles. The number of allylic oxidation sites excluding steroid dienone is 3. The lowest BCUT2D eigenvalue weighted by Gasteiger charge is -2.25. The maximum Gasteiger partial charge on any atom is 0.354 e. The lowest BCUT2D eigenvalue weighted by atomic mass is 9.84. The van der Waals surface area contributed by atoms with E-state index >= 15 is 0 Å². The number of hydrogen-bond donors (Lipinski definition) is 2. The van der Waals surface area contributed by atoms with Crippen molar-refractivity contribution < 1.29 is 13.4 Å². The van der Waals surface area contributed by atoms with Crippen LogP contribution in [0.15, 0.2) is 49.9 Å². The van der Waals surface area contributed by atoms with Crippen molar-refractivity contribution in [3.63, 3.8) is 0 Å². The van der Waals surface area contributed by atoms with E-state index < -0.39 is 21.8 Å². The Labute approximate surface area is 177 Å². The van der Waals surface area contributed by atoms with Gasteiger partial charge in [0.05, 0.1) is 4.90 Å². The minimum Gasteiger partial charge on any atom is -0.305 e. The first-order valence-electron chi connectivity index (χ1n) is 10.5. The molecule has 0 aliphatic heterocycles. The fraction of sp³-hybridized carbons (Fsp3) is 0.500. The summed E-state index contributed by atoms with van der Waals surface area (Å²) in [4.78, 5) is 14.3. The van der Waals surface area contributed by atoms with Crippen LogP contribution in [0.1, 0.15) is 50.5 Å². The summed E-state index contributed by atoms with van der Waals surface area (Å²) in [5.41, 5.74) is 5.51. The first-order chi connectivity index (χ1) is 14.2. The molecule has 6 nitrogen and oxygen atoms in total. The summed E-state index contributed by atoms with van der Waals surface area (Å²) >= 11 is 0. The van der Waals surface area contributed by atoms with Crippen LogP contribution in [0.3, 0.4) is 0 Å². The molecule has 3 N–H and O–H groups in total. The van der Waals surface area contributed by atoms with Crippen LogP contribution in [0.4, 0.5) is 9.18 Å². The van der Waals surface area contributed by atoms with E-state index in [0.29, 0.717) is 12.5 Å². The molecule has 1 saturated carbocycles. The summed E-state index contributed by atoms with van der Waals surface area (Å²) in [5.74, 6) is -0.226. The van der Waals surface area contributed by atoms with Crippen molar-refractivity contribution in [1.29, 1.82) is 0 Å². The van der Waals surface area contributed by atoms with Crippen LogP contribution in [0.2, 0.25) is 0 Å². The molecule has 30 heavy (non-hydrogen) atoms. The highest BCUT2D eigenvalue weighted by atomic mass is 32.2. The van der Waals surface area contributed by atoms with Crippen LogP contribution < -0.4 is 10.5 Å². The SMILES string of the molecule is CN(C)Cc1ccc(S(N)(=O)=NC(=O)NC2=C3CCCC3CC3=C2CCC3)c(F)c1. The summed E-state index contributed by atoms with van der Waals surface area (Å²) in [5, 5.41) is 8.70. The molecule has 0 aromatic heterocycles. The minimum absolute atomic E-state index is 0.249. The van der Waals surface area contributed by atoms with Gasteiger partial charge in [-0.05, 0) is 93.8 Å². The zero-order chi connectivity index (χ0) is 21.5. The topological polar surface area (TPSA) is 87.8 Å². The highest BCUT2D eigenvalue weighted by molar-refractivity contribution is 7.91. The predicted octanol–water partition coefficient (Wildman–Crippen LogP) is 4.24. The zero-order valence-electron chi connectivity index (χ0n) is 17.5.